The molecule has 2 N–H and O–H groups in total. The zero-order valence-electron chi connectivity index (χ0n) is 13.0. The van der Waals surface area contributed by atoms with E-state index in [1.165, 1.54) is 11.9 Å². The highest BCUT2D eigenvalue weighted by atomic mass is 35.5. The van der Waals surface area contributed by atoms with E-state index < -0.39 is 0 Å². The van der Waals surface area contributed by atoms with E-state index in [0.717, 1.165) is 30.8 Å². The van der Waals surface area contributed by atoms with Gasteiger partial charge in [0.05, 0.1) is 5.69 Å². The van der Waals surface area contributed by atoms with Crippen molar-refractivity contribution in [3.63, 3.8) is 0 Å². The van der Waals surface area contributed by atoms with Crippen LogP contribution in [0, 0.1) is 6.92 Å². The molecule has 0 fully saturated rings. The van der Waals surface area contributed by atoms with Crippen LogP contribution < -0.4 is 10.6 Å². The second-order valence-electron chi connectivity index (χ2n) is 5.34. The summed E-state index contributed by atoms with van der Waals surface area (Å²) < 4.78 is 1.68. The van der Waals surface area contributed by atoms with Gasteiger partial charge in [-0.1, -0.05) is 11.6 Å². The summed E-state index contributed by atoms with van der Waals surface area (Å²) in [5.74, 6) is -0.0397. The number of carbonyl (C=O) groups is 1. The van der Waals surface area contributed by atoms with E-state index in [1.54, 1.807) is 11.0 Å². The number of nitrogens with zero attached hydrogens (tertiary/aromatic N) is 3. The van der Waals surface area contributed by atoms with Crippen molar-refractivity contribution in [2.75, 3.05) is 19.6 Å². The molecule has 0 saturated carbocycles. The van der Waals surface area contributed by atoms with E-state index >= 15 is 0 Å². The summed E-state index contributed by atoms with van der Waals surface area (Å²) in [4.78, 5) is 16.2. The number of aryl methyl sites for hydroxylation is 1. The topological polar surface area (TPSA) is 71.8 Å². The number of hydrogen-bond donors (Lipinski definition) is 2. The zero-order valence-corrected chi connectivity index (χ0v) is 13.8. The van der Waals surface area contributed by atoms with Crippen molar-refractivity contribution in [3.8, 4) is 5.69 Å². The van der Waals surface area contributed by atoms with Gasteiger partial charge in [0.2, 0.25) is 0 Å². The minimum atomic E-state index is -0.0397. The Kier molecular flexibility index (Phi) is 5.90. The molecule has 0 bridgehead atoms. The summed E-state index contributed by atoms with van der Waals surface area (Å²) in [7, 11) is 0. The minimum absolute atomic E-state index is 0. The SMILES string of the molecule is Cc1cc(-n2cncn2)ccc1C(=O)NCC1=CCNCC1.Cl. The van der Waals surface area contributed by atoms with Gasteiger partial charge in [-0.15, -0.1) is 12.4 Å². The summed E-state index contributed by atoms with van der Waals surface area (Å²) in [5.41, 5.74) is 3.79. The van der Waals surface area contributed by atoms with E-state index in [4.69, 9.17) is 0 Å². The van der Waals surface area contributed by atoms with Crippen molar-refractivity contribution in [1.82, 2.24) is 25.4 Å². The van der Waals surface area contributed by atoms with Crippen LogP contribution in [0.1, 0.15) is 22.3 Å². The predicted molar refractivity (Wildman–Crippen MR) is 91.2 cm³/mol. The van der Waals surface area contributed by atoms with Crippen molar-refractivity contribution >= 4 is 18.3 Å². The fourth-order valence-corrected chi connectivity index (χ4v) is 2.51. The molecule has 0 spiro atoms. The van der Waals surface area contributed by atoms with Gasteiger partial charge in [0, 0.05) is 18.7 Å². The lowest BCUT2D eigenvalue weighted by Gasteiger charge is -2.15. The van der Waals surface area contributed by atoms with Gasteiger partial charge >= 0.3 is 0 Å². The van der Waals surface area contributed by atoms with Gasteiger partial charge in [-0.25, -0.2) is 9.67 Å². The van der Waals surface area contributed by atoms with Crippen LogP contribution in [0.25, 0.3) is 5.69 Å². The number of nitrogens with one attached hydrogen (secondary N) is 2. The van der Waals surface area contributed by atoms with Crippen molar-refractivity contribution in [2.45, 2.75) is 13.3 Å². The van der Waals surface area contributed by atoms with Crippen LogP contribution in [0.3, 0.4) is 0 Å². The molecule has 1 aromatic heterocycles. The maximum absolute atomic E-state index is 12.3. The molecule has 2 aromatic rings. The van der Waals surface area contributed by atoms with Crippen LogP contribution in [0.2, 0.25) is 0 Å². The molecule has 3 rings (SSSR count). The maximum atomic E-state index is 12.3. The molecule has 0 radical (unpaired) electrons. The second kappa shape index (κ2) is 7.89. The number of amides is 1. The number of carbonyl (C=O) groups excluding carboxylic acids is 1. The summed E-state index contributed by atoms with van der Waals surface area (Å²) >= 11 is 0. The highest BCUT2D eigenvalue weighted by Gasteiger charge is 2.11. The van der Waals surface area contributed by atoms with E-state index in [9.17, 15) is 4.79 Å². The van der Waals surface area contributed by atoms with Crippen molar-refractivity contribution in [1.29, 1.82) is 0 Å². The molecule has 6 nitrogen and oxygen atoms in total. The van der Waals surface area contributed by atoms with Crippen LogP contribution >= 0.6 is 12.4 Å². The summed E-state index contributed by atoms with van der Waals surface area (Å²) in [6.45, 7) is 4.41. The molecule has 0 atom stereocenters. The Morgan fingerprint density at radius 3 is 2.96 bits per heavy atom. The Labute approximate surface area is 141 Å². The quantitative estimate of drug-likeness (QED) is 0.835. The van der Waals surface area contributed by atoms with Crippen LogP contribution in [0.15, 0.2) is 42.5 Å². The first kappa shape index (κ1) is 17.2. The first-order valence-electron chi connectivity index (χ1n) is 7.36. The molecular weight excluding hydrogens is 314 g/mol. The van der Waals surface area contributed by atoms with E-state index in [0.29, 0.717) is 12.1 Å². The number of hydrogen-bond acceptors (Lipinski definition) is 4. The fraction of sp³-hybridized carbons (Fsp3) is 0.312. The van der Waals surface area contributed by atoms with Gasteiger partial charge in [-0.2, -0.15) is 5.10 Å². The Bertz CT molecular complexity index is 697. The third-order valence-corrected chi connectivity index (χ3v) is 3.77. The van der Waals surface area contributed by atoms with Gasteiger partial charge in [0.25, 0.3) is 5.91 Å². The fourth-order valence-electron chi connectivity index (χ4n) is 2.51. The lowest BCUT2D eigenvalue weighted by atomic mass is 10.1. The third kappa shape index (κ3) is 4.18. The molecule has 122 valence electrons. The summed E-state index contributed by atoms with van der Waals surface area (Å²) in [5, 5.41) is 10.3. The Balaban J connectivity index is 0.00000192. The van der Waals surface area contributed by atoms with Gasteiger partial charge < -0.3 is 10.6 Å². The van der Waals surface area contributed by atoms with Crippen LogP contribution in [-0.2, 0) is 0 Å². The van der Waals surface area contributed by atoms with Crippen LogP contribution in [-0.4, -0.2) is 40.3 Å². The van der Waals surface area contributed by atoms with E-state index in [-0.39, 0.29) is 18.3 Å². The van der Waals surface area contributed by atoms with Crippen molar-refractivity contribution in [3.05, 3.63) is 53.6 Å². The average Bonchev–Trinajstić information content (AvgIpc) is 3.08. The van der Waals surface area contributed by atoms with Gasteiger partial charge in [-0.05, 0) is 43.7 Å². The number of rotatable bonds is 4. The number of aromatic nitrogens is 3. The summed E-state index contributed by atoms with van der Waals surface area (Å²) in [6.07, 6.45) is 6.26. The molecule has 0 saturated heterocycles. The first-order valence-corrected chi connectivity index (χ1v) is 7.36. The molecule has 7 heteroatoms. The molecule has 1 amide bonds. The lowest BCUT2D eigenvalue weighted by Crippen LogP contribution is -2.30. The van der Waals surface area contributed by atoms with Crippen LogP contribution in [0.4, 0.5) is 0 Å². The van der Waals surface area contributed by atoms with Gasteiger partial charge in [0.15, 0.2) is 0 Å². The zero-order chi connectivity index (χ0) is 15.4. The van der Waals surface area contributed by atoms with Crippen LogP contribution in [0.5, 0.6) is 0 Å². The molecule has 1 aromatic carbocycles. The maximum Gasteiger partial charge on any atom is 0.251 e. The molecule has 0 aliphatic carbocycles. The Hall–Kier alpha value is -2.18. The summed E-state index contributed by atoms with van der Waals surface area (Å²) in [6, 6.07) is 5.65. The average molecular weight is 334 g/mol. The first-order chi connectivity index (χ1) is 10.7. The lowest BCUT2D eigenvalue weighted by molar-refractivity contribution is 0.0956. The van der Waals surface area contributed by atoms with E-state index in [2.05, 4.69) is 26.8 Å². The monoisotopic (exact) mass is 333 g/mol. The number of benzene rings is 1. The minimum Gasteiger partial charge on any atom is -0.348 e. The largest absolute Gasteiger partial charge is 0.348 e. The Morgan fingerprint density at radius 2 is 2.30 bits per heavy atom. The second-order valence-corrected chi connectivity index (χ2v) is 5.34. The normalized spacial score (nSPS) is 13.9. The molecule has 0 unspecified atom stereocenters. The van der Waals surface area contributed by atoms with Gasteiger partial charge in [0.1, 0.15) is 12.7 Å². The predicted octanol–water partition coefficient (Wildman–Crippen LogP) is 1.65. The third-order valence-electron chi connectivity index (χ3n) is 3.77. The van der Waals surface area contributed by atoms with Gasteiger partial charge in [-0.3, -0.25) is 4.79 Å². The van der Waals surface area contributed by atoms with Crippen molar-refractivity contribution < 1.29 is 4.79 Å². The Morgan fingerprint density at radius 1 is 1.43 bits per heavy atom. The number of halogens is 1. The highest BCUT2D eigenvalue weighted by Crippen LogP contribution is 2.14. The molecule has 2 heterocycles. The van der Waals surface area contributed by atoms with Crippen molar-refractivity contribution in [2.24, 2.45) is 0 Å². The molecular formula is C16H20ClN5O. The van der Waals surface area contributed by atoms with E-state index in [1.807, 2.05) is 25.1 Å². The molecule has 23 heavy (non-hydrogen) atoms. The standard InChI is InChI=1S/C16H19N5O.ClH/c1-12-8-14(21-11-18-10-20-21)2-3-15(12)16(22)19-9-13-4-6-17-7-5-13;/h2-4,8,10-11,17H,5-7,9H2,1H3,(H,19,22);1H. The highest BCUT2D eigenvalue weighted by molar-refractivity contribution is 5.96. The molecule has 1 aliphatic rings. The smallest absolute Gasteiger partial charge is 0.251 e. The molecule has 1 aliphatic heterocycles.